The topological polar surface area (TPSA) is 22.1 Å². The Labute approximate surface area is 129 Å². The highest BCUT2D eigenvalue weighted by atomic mass is 35.5. The standard InChI is InChI=1S/C18H16ClNO/c1-2-13-7-3-6-10-17(13)21-18-16-9-5-4-8-15(16)14(11-19)12-20-18/h3-10,12H,2,11H2,1H3. The number of hydrogen-bond donors (Lipinski definition) is 0. The highest BCUT2D eigenvalue weighted by Gasteiger charge is 2.10. The summed E-state index contributed by atoms with van der Waals surface area (Å²) in [7, 11) is 0. The first-order valence-corrected chi connectivity index (χ1v) is 7.55. The predicted molar refractivity (Wildman–Crippen MR) is 87.2 cm³/mol. The second kappa shape index (κ2) is 6.15. The van der Waals surface area contributed by atoms with Gasteiger partial charge in [-0.15, -0.1) is 11.6 Å². The fraction of sp³-hybridized carbons (Fsp3) is 0.167. The van der Waals surface area contributed by atoms with Gasteiger partial charge in [-0.2, -0.15) is 0 Å². The third kappa shape index (κ3) is 2.72. The average Bonchev–Trinajstić information content (AvgIpc) is 2.55. The second-order valence-electron chi connectivity index (χ2n) is 4.83. The first-order chi connectivity index (χ1) is 10.3. The van der Waals surface area contributed by atoms with Crippen LogP contribution < -0.4 is 4.74 Å². The summed E-state index contributed by atoms with van der Waals surface area (Å²) in [5, 5.41) is 2.08. The Morgan fingerprint density at radius 2 is 1.67 bits per heavy atom. The van der Waals surface area contributed by atoms with Gasteiger partial charge in [0.1, 0.15) is 5.75 Å². The quantitative estimate of drug-likeness (QED) is 0.607. The van der Waals surface area contributed by atoms with Gasteiger partial charge in [-0.25, -0.2) is 4.98 Å². The molecule has 2 nitrogen and oxygen atoms in total. The fourth-order valence-electron chi connectivity index (χ4n) is 2.41. The molecule has 0 N–H and O–H groups in total. The lowest BCUT2D eigenvalue weighted by Crippen LogP contribution is -1.95. The van der Waals surface area contributed by atoms with Crippen molar-refractivity contribution in [2.45, 2.75) is 19.2 Å². The van der Waals surface area contributed by atoms with Gasteiger partial charge in [0, 0.05) is 17.5 Å². The zero-order valence-electron chi connectivity index (χ0n) is 11.8. The number of pyridine rings is 1. The Kier molecular flexibility index (Phi) is 4.07. The summed E-state index contributed by atoms with van der Waals surface area (Å²) in [5.74, 6) is 1.93. The van der Waals surface area contributed by atoms with Crippen LogP contribution in [0, 0.1) is 0 Å². The minimum absolute atomic E-state index is 0.444. The van der Waals surface area contributed by atoms with Gasteiger partial charge in [0.2, 0.25) is 5.88 Å². The van der Waals surface area contributed by atoms with Gasteiger partial charge in [-0.1, -0.05) is 43.3 Å². The number of rotatable bonds is 4. The van der Waals surface area contributed by atoms with E-state index in [4.69, 9.17) is 16.3 Å². The van der Waals surface area contributed by atoms with Gasteiger partial charge in [0.25, 0.3) is 0 Å². The van der Waals surface area contributed by atoms with Crippen molar-refractivity contribution in [3.63, 3.8) is 0 Å². The number of hydrogen-bond acceptors (Lipinski definition) is 2. The van der Waals surface area contributed by atoms with Crippen LogP contribution >= 0.6 is 11.6 Å². The third-order valence-corrected chi connectivity index (χ3v) is 3.83. The maximum absolute atomic E-state index is 6.06. The van der Waals surface area contributed by atoms with Crippen LogP contribution in [0.2, 0.25) is 0 Å². The van der Waals surface area contributed by atoms with E-state index in [2.05, 4.69) is 18.0 Å². The van der Waals surface area contributed by atoms with E-state index in [0.717, 1.165) is 28.5 Å². The van der Waals surface area contributed by atoms with Gasteiger partial charge < -0.3 is 4.74 Å². The van der Waals surface area contributed by atoms with Crippen LogP contribution in [0.3, 0.4) is 0 Å². The van der Waals surface area contributed by atoms with E-state index in [1.165, 1.54) is 5.56 Å². The van der Waals surface area contributed by atoms with E-state index in [0.29, 0.717) is 11.8 Å². The maximum Gasteiger partial charge on any atom is 0.227 e. The smallest absolute Gasteiger partial charge is 0.227 e. The van der Waals surface area contributed by atoms with E-state index in [-0.39, 0.29) is 0 Å². The molecule has 3 heteroatoms. The zero-order valence-corrected chi connectivity index (χ0v) is 12.6. The van der Waals surface area contributed by atoms with Crippen LogP contribution in [0.15, 0.2) is 54.7 Å². The van der Waals surface area contributed by atoms with Crippen LogP contribution in [0.5, 0.6) is 11.6 Å². The molecule has 0 bridgehead atoms. The summed E-state index contributed by atoms with van der Waals surface area (Å²) in [6.45, 7) is 2.12. The van der Waals surface area contributed by atoms with E-state index in [1.807, 2.05) is 42.5 Å². The molecule has 1 heterocycles. The van der Waals surface area contributed by atoms with Crippen molar-refractivity contribution in [2.75, 3.05) is 0 Å². The molecule has 2 aromatic carbocycles. The first kappa shape index (κ1) is 13.9. The number of fused-ring (bicyclic) bond motifs is 1. The van der Waals surface area contributed by atoms with Crippen molar-refractivity contribution in [2.24, 2.45) is 0 Å². The SMILES string of the molecule is CCc1ccccc1Oc1ncc(CCl)c2ccccc12. The molecule has 0 aliphatic rings. The lowest BCUT2D eigenvalue weighted by atomic mass is 10.1. The highest BCUT2D eigenvalue weighted by molar-refractivity contribution is 6.18. The normalized spacial score (nSPS) is 10.8. The van der Waals surface area contributed by atoms with Crippen molar-refractivity contribution in [1.29, 1.82) is 0 Å². The third-order valence-electron chi connectivity index (χ3n) is 3.55. The van der Waals surface area contributed by atoms with E-state index >= 15 is 0 Å². The molecule has 3 rings (SSSR count). The average molecular weight is 298 g/mol. The number of aryl methyl sites for hydroxylation is 1. The molecule has 21 heavy (non-hydrogen) atoms. The Morgan fingerprint density at radius 3 is 2.43 bits per heavy atom. The number of ether oxygens (including phenoxy) is 1. The molecule has 1 aromatic heterocycles. The lowest BCUT2D eigenvalue weighted by molar-refractivity contribution is 0.463. The molecule has 0 radical (unpaired) electrons. The summed E-state index contributed by atoms with van der Waals surface area (Å²) < 4.78 is 6.06. The second-order valence-corrected chi connectivity index (χ2v) is 5.10. The minimum Gasteiger partial charge on any atom is -0.438 e. The number of nitrogens with zero attached hydrogens (tertiary/aromatic N) is 1. The monoisotopic (exact) mass is 297 g/mol. The maximum atomic E-state index is 6.06. The summed E-state index contributed by atoms with van der Waals surface area (Å²) in [4.78, 5) is 4.44. The highest BCUT2D eigenvalue weighted by Crippen LogP contribution is 2.31. The number of aromatic nitrogens is 1. The molecule has 106 valence electrons. The predicted octanol–water partition coefficient (Wildman–Crippen LogP) is 5.33. The largest absolute Gasteiger partial charge is 0.438 e. The van der Waals surface area contributed by atoms with Crippen molar-refractivity contribution in [3.05, 3.63) is 65.9 Å². The van der Waals surface area contributed by atoms with Crippen LogP contribution in [0.4, 0.5) is 0 Å². The summed E-state index contributed by atoms with van der Waals surface area (Å²) in [6.07, 6.45) is 2.72. The molecule has 0 fully saturated rings. The number of alkyl halides is 1. The van der Waals surface area contributed by atoms with Crippen molar-refractivity contribution in [1.82, 2.24) is 4.98 Å². The Balaban J connectivity index is 2.09. The molecule has 0 saturated heterocycles. The summed E-state index contributed by atoms with van der Waals surface area (Å²) in [6, 6.07) is 16.1. The molecule has 0 spiro atoms. The molecular weight excluding hydrogens is 282 g/mol. The Bertz CT molecular complexity index is 770. The molecule has 0 aliphatic carbocycles. The lowest BCUT2D eigenvalue weighted by Gasteiger charge is -2.12. The molecule has 0 unspecified atom stereocenters. The molecular formula is C18H16ClNO. The molecule has 3 aromatic rings. The van der Waals surface area contributed by atoms with Crippen molar-refractivity contribution in [3.8, 4) is 11.6 Å². The fourth-order valence-corrected chi connectivity index (χ4v) is 2.63. The Hall–Kier alpha value is -2.06. The van der Waals surface area contributed by atoms with Crippen molar-refractivity contribution < 1.29 is 4.74 Å². The number of para-hydroxylation sites is 1. The van der Waals surface area contributed by atoms with Gasteiger partial charge in [-0.3, -0.25) is 0 Å². The molecule has 0 saturated carbocycles. The van der Waals surface area contributed by atoms with Crippen LogP contribution in [-0.4, -0.2) is 4.98 Å². The minimum atomic E-state index is 0.444. The van der Waals surface area contributed by atoms with Gasteiger partial charge in [-0.05, 0) is 35.1 Å². The van der Waals surface area contributed by atoms with Crippen molar-refractivity contribution >= 4 is 22.4 Å². The van der Waals surface area contributed by atoms with E-state index in [9.17, 15) is 0 Å². The van der Waals surface area contributed by atoms with E-state index < -0.39 is 0 Å². The van der Waals surface area contributed by atoms with Crippen LogP contribution in [0.1, 0.15) is 18.1 Å². The molecule has 0 atom stereocenters. The number of halogens is 1. The number of benzene rings is 2. The summed E-state index contributed by atoms with van der Waals surface area (Å²) >= 11 is 5.99. The summed E-state index contributed by atoms with van der Waals surface area (Å²) in [5.41, 5.74) is 2.19. The van der Waals surface area contributed by atoms with Crippen LogP contribution in [0.25, 0.3) is 10.8 Å². The van der Waals surface area contributed by atoms with E-state index in [1.54, 1.807) is 6.20 Å². The van der Waals surface area contributed by atoms with Gasteiger partial charge >= 0.3 is 0 Å². The Morgan fingerprint density at radius 1 is 0.952 bits per heavy atom. The van der Waals surface area contributed by atoms with Crippen LogP contribution in [-0.2, 0) is 12.3 Å². The molecule has 0 aliphatic heterocycles. The first-order valence-electron chi connectivity index (χ1n) is 7.01. The van der Waals surface area contributed by atoms with Gasteiger partial charge in [0.05, 0.1) is 0 Å². The van der Waals surface area contributed by atoms with Gasteiger partial charge in [0.15, 0.2) is 0 Å². The molecule has 0 amide bonds. The zero-order chi connectivity index (χ0) is 14.7.